The average molecular weight is 448 g/mol. The molecule has 0 spiro atoms. The maximum Gasteiger partial charge on any atom is 0.310 e. The molecule has 1 saturated carbocycles. The number of rotatable bonds is 6. The fourth-order valence-electron chi connectivity index (χ4n) is 3.73. The quantitative estimate of drug-likeness (QED) is 0.492. The number of nitrogens with one attached hydrogen (secondary N) is 1. The summed E-state index contributed by atoms with van der Waals surface area (Å²) >= 11 is 0. The smallest absolute Gasteiger partial charge is 0.310 e. The molecule has 0 radical (unpaired) electrons. The van der Waals surface area contributed by atoms with Gasteiger partial charge in [0, 0.05) is 12.1 Å². The molecule has 0 aromatic heterocycles. The lowest BCUT2D eigenvalue weighted by Gasteiger charge is -2.33. The number of esters is 1. The van der Waals surface area contributed by atoms with Crippen LogP contribution >= 0.6 is 0 Å². The van der Waals surface area contributed by atoms with Gasteiger partial charge in [-0.25, -0.2) is 0 Å². The average Bonchev–Trinajstić information content (AvgIpc) is 2.75. The minimum Gasteiger partial charge on any atom is -0.466 e. The fourth-order valence-corrected chi connectivity index (χ4v) is 4.21. The van der Waals surface area contributed by atoms with Gasteiger partial charge in [-0.3, -0.25) is 9.35 Å². The molecule has 0 aliphatic heterocycles. The van der Waals surface area contributed by atoms with Gasteiger partial charge < -0.3 is 10.1 Å². The van der Waals surface area contributed by atoms with Gasteiger partial charge >= 0.3 is 5.97 Å². The number of carbonyl (C=O) groups is 1. The molecular weight excluding hydrogens is 414 g/mol. The fraction of sp³-hybridized carbons (Fsp3) is 0.458. The highest BCUT2D eigenvalue weighted by atomic mass is 32.2. The zero-order valence-corrected chi connectivity index (χ0v) is 19.3. The summed E-state index contributed by atoms with van der Waals surface area (Å²) in [5.74, 6) is -0.0279. The second-order valence-corrected chi connectivity index (χ2v) is 9.26. The molecule has 3 rings (SSSR count). The van der Waals surface area contributed by atoms with Crippen LogP contribution in [0.5, 0.6) is 0 Å². The molecule has 0 bridgehead atoms. The van der Waals surface area contributed by atoms with E-state index in [4.69, 9.17) is 9.29 Å². The Hall–Kier alpha value is -2.22. The van der Waals surface area contributed by atoms with Crippen molar-refractivity contribution < 1.29 is 22.5 Å². The largest absolute Gasteiger partial charge is 0.466 e. The zero-order chi connectivity index (χ0) is 22.9. The first-order chi connectivity index (χ1) is 14.7. The molecule has 31 heavy (non-hydrogen) atoms. The number of hydrogen-bond acceptors (Lipinski definition) is 5. The van der Waals surface area contributed by atoms with E-state index in [0.29, 0.717) is 6.61 Å². The Labute approximate surface area is 185 Å². The maximum atomic E-state index is 12.1. The highest BCUT2D eigenvalue weighted by molar-refractivity contribution is 7.85. The molecule has 3 atom stereocenters. The summed E-state index contributed by atoms with van der Waals surface area (Å²) < 4.78 is 34.8. The minimum absolute atomic E-state index is 0.00913. The minimum atomic E-state index is -4.02. The monoisotopic (exact) mass is 447 g/mol. The van der Waals surface area contributed by atoms with Crippen LogP contribution in [0.2, 0.25) is 0 Å². The topological polar surface area (TPSA) is 92.7 Å². The van der Waals surface area contributed by atoms with E-state index in [1.807, 2.05) is 19.9 Å². The van der Waals surface area contributed by atoms with Gasteiger partial charge in [0.05, 0.1) is 17.4 Å². The first-order valence-electron chi connectivity index (χ1n) is 10.7. The van der Waals surface area contributed by atoms with Gasteiger partial charge in [-0.15, -0.1) is 0 Å². The van der Waals surface area contributed by atoms with Gasteiger partial charge in [0.1, 0.15) is 0 Å². The molecule has 7 heteroatoms. The van der Waals surface area contributed by atoms with Crippen molar-refractivity contribution in [3.63, 3.8) is 0 Å². The summed E-state index contributed by atoms with van der Waals surface area (Å²) in [4.78, 5) is 12.0. The summed E-state index contributed by atoms with van der Waals surface area (Å²) in [6, 6.07) is 16.9. The van der Waals surface area contributed by atoms with Gasteiger partial charge in [-0.05, 0) is 51.3 Å². The van der Waals surface area contributed by atoms with Crippen LogP contribution in [0.4, 0.5) is 0 Å². The van der Waals surface area contributed by atoms with E-state index in [1.54, 1.807) is 12.1 Å². The van der Waals surface area contributed by atoms with E-state index in [-0.39, 0.29) is 28.9 Å². The second kappa shape index (κ2) is 12.0. The van der Waals surface area contributed by atoms with Gasteiger partial charge in [0.25, 0.3) is 10.1 Å². The van der Waals surface area contributed by atoms with Crippen molar-refractivity contribution in [2.45, 2.75) is 63.4 Å². The third-order valence-corrected chi connectivity index (χ3v) is 6.31. The molecule has 1 aliphatic rings. The number of benzene rings is 2. The molecule has 2 aromatic carbocycles. The Bertz CT molecular complexity index is 913. The molecule has 170 valence electrons. The molecule has 1 fully saturated rings. The Morgan fingerprint density at radius 1 is 1.10 bits per heavy atom. The Kier molecular flexibility index (Phi) is 9.68. The molecule has 0 amide bonds. The highest BCUT2D eigenvalue weighted by Crippen LogP contribution is 2.27. The molecular formula is C24H33NO5S. The number of aryl methyl sites for hydroxylation is 1. The summed E-state index contributed by atoms with van der Waals surface area (Å²) in [6.45, 7) is 6.34. The van der Waals surface area contributed by atoms with Crippen LogP contribution in [0.1, 0.15) is 56.7 Å². The van der Waals surface area contributed by atoms with Crippen LogP contribution < -0.4 is 5.32 Å². The third-order valence-electron chi connectivity index (χ3n) is 5.44. The first kappa shape index (κ1) is 25.0. The molecule has 0 saturated heterocycles. The molecule has 3 unspecified atom stereocenters. The van der Waals surface area contributed by atoms with Crippen LogP contribution in [0.15, 0.2) is 59.5 Å². The molecule has 2 N–H and O–H groups in total. The summed E-state index contributed by atoms with van der Waals surface area (Å²) in [5.41, 5.74) is 2.22. The van der Waals surface area contributed by atoms with Crippen molar-refractivity contribution in [1.29, 1.82) is 0 Å². The van der Waals surface area contributed by atoms with E-state index in [0.717, 1.165) is 24.8 Å². The molecule has 0 heterocycles. The normalized spacial score (nSPS) is 19.6. The highest BCUT2D eigenvalue weighted by Gasteiger charge is 2.32. The maximum absolute atomic E-state index is 12.1. The van der Waals surface area contributed by atoms with Gasteiger partial charge in [0.15, 0.2) is 0 Å². The summed E-state index contributed by atoms with van der Waals surface area (Å²) in [5, 5.41) is 3.62. The Morgan fingerprint density at radius 2 is 1.71 bits per heavy atom. The molecule has 1 aliphatic carbocycles. The lowest BCUT2D eigenvalue weighted by Crippen LogP contribution is -2.43. The Balaban J connectivity index is 0.000000262. The summed E-state index contributed by atoms with van der Waals surface area (Å²) in [7, 11) is -4.02. The van der Waals surface area contributed by atoms with Crippen molar-refractivity contribution in [3.8, 4) is 0 Å². The van der Waals surface area contributed by atoms with Crippen LogP contribution in [-0.4, -0.2) is 31.6 Å². The molecule has 6 nitrogen and oxygen atoms in total. The van der Waals surface area contributed by atoms with Crippen molar-refractivity contribution in [3.05, 3.63) is 65.7 Å². The predicted octanol–water partition coefficient (Wildman–Crippen LogP) is 4.70. The third kappa shape index (κ3) is 8.09. The second-order valence-electron chi connectivity index (χ2n) is 7.84. The van der Waals surface area contributed by atoms with Gasteiger partial charge in [-0.2, -0.15) is 8.42 Å². The van der Waals surface area contributed by atoms with E-state index < -0.39 is 10.1 Å². The van der Waals surface area contributed by atoms with Crippen molar-refractivity contribution in [2.75, 3.05) is 6.61 Å². The Morgan fingerprint density at radius 3 is 2.29 bits per heavy atom. The van der Waals surface area contributed by atoms with Crippen molar-refractivity contribution in [1.82, 2.24) is 5.32 Å². The first-order valence-corrected chi connectivity index (χ1v) is 12.2. The number of hydrogen-bond donors (Lipinski definition) is 2. The lowest BCUT2D eigenvalue weighted by molar-refractivity contribution is -0.150. The van der Waals surface area contributed by atoms with E-state index in [9.17, 15) is 13.2 Å². The van der Waals surface area contributed by atoms with Crippen LogP contribution in [0, 0.1) is 12.8 Å². The zero-order valence-electron chi connectivity index (χ0n) is 18.5. The van der Waals surface area contributed by atoms with Crippen LogP contribution in [0.3, 0.4) is 0 Å². The van der Waals surface area contributed by atoms with Gasteiger partial charge in [-0.1, -0.05) is 60.9 Å². The lowest BCUT2D eigenvalue weighted by atomic mass is 9.84. The SMILES string of the molecule is CCOC(=O)C1CCCCC1NC(C)c1ccccc1.Cc1ccc(S(=O)(=O)O)cc1. The van der Waals surface area contributed by atoms with E-state index >= 15 is 0 Å². The summed E-state index contributed by atoms with van der Waals surface area (Å²) in [6.07, 6.45) is 4.31. The van der Waals surface area contributed by atoms with Crippen molar-refractivity contribution in [2.24, 2.45) is 5.92 Å². The number of carbonyl (C=O) groups excluding carboxylic acids is 1. The van der Waals surface area contributed by atoms with Crippen LogP contribution in [-0.2, 0) is 19.6 Å². The molecule has 2 aromatic rings. The van der Waals surface area contributed by atoms with Crippen molar-refractivity contribution >= 4 is 16.1 Å². The standard InChI is InChI=1S/C17H25NO2.C7H8O3S/c1-3-20-17(19)15-11-7-8-12-16(15)18-13(2)14-9-5-4-6-10-14;1-6-2-4-7(5-3-6)11(8,9)10/h4-6,9-10,13,15-16,18H,3,7-8,11-12H2,1-2H3;2-5H,1H3,(H,8,9,10). The van der Waals surface area contributed by atoms with E-state index in [2.05, 4.69) is 36.5 Å². The van der Waals surface area contributed by atoms with Crippen LogP contribution in [0.25, 0.3) is 0 Å². The predicted molar refractivity (Wildman–Crippen MR) is 121 cm³/mol. The number of ether oxygens (including phenoxy) is 1. The van der Waals surface area contributed by atoms with E-state index in [1.165, 1.54) is 24.1 Å². The van der Waals surface area contributed by atoms with Gasteiger partial charge in [0.2, 0.25) is 0 Å².